The molecular weight excluding hydrogens is 330 g/mol. The van der Waals surface area contributed by atoms with Crippen LogP contribution in [0.15, 0.2) is 28.2 Å². The summed E-state index contributed by atoms with van der Waals surface area (Å²) in [5, 5.41) is 22.3. The maximum absolute atomic E-state index is 12.5. The molecule has 126 valence electrons. The van der Waals surface area contributed by atoms with Gasteiger partial charge >= 0.3 is 0 Å². The van der Waals surface area contributed by atoms with Gasteiger partial charge in [0.25, 0.3) is 5.56 Å². The molecule has 1 aromatic heterocycles. The first-order valence-corrected chi connectivity index (χ1v) is 8.57. The molecule has 2 aromatic rings. The van der Waals surface area contributed by atoms with Crippen LogP contribution in [0.4, 0.5) is 5.82 Å². The normalized spacial score (nSPS) is 16.5. The standard InChI is InChI=1S/C16H17N3O4S/c1-2-5-24-16-18-14-13(15(23)19-16)9(7-12(22)17-14)8-3-4-10(20)11(21)6-8/h3-4,6,9,20-21H,2,5,7H2,1H3,(H2,17,18,19,22,23)/t9-/m0/s1. The van der Waals surface area contributed by atoms with E-state index in [1.54, 1.807) is 6.07 Å². The quantitative estimate of drug-likeness (QED) is 0.383. The smallest absolute Gasteiger partial charge is 0.257 e. The monoisotopic (exact) mass is 347 g/mol. The van der Waals surface area contributed by atoms with Crippen LogP contribution >= 0.6 is 11.8 Å². The Bertz CT molecular complexity index is 850. The van der Waals surface area contributed by atoms with E-state index in [2.05, 4.69) is 15.3 Å². The van der Waals surface area contributed by atoms with Crippen LogP contribution in [0.1, 0.15) is 36.8 Å². The van der Waals surface area contributed by atoms with Gasteiger partial charge < -0.3 is 20.5 Å². The first-order chi connectivity index (χ1) is 11.5. The van der Waals surface area contributed by atoms with Gasteiger partial charge in [0.05, 0.1) is 5.56 Å². The van der Waals surface area contributed by atoms with E-state index in [0.717, 1.165) is 12.2 Å². The highest BCUT2D eigenvalue weighted by Gasteiger charge is 2.31. The van der Waals surface area contributed by atoms with Crippen LogP contribution in [0.3, 0.4) is 0 Å². The van der Waals surface area contributed by atoms with Crippen molar-refractivity contribution >= 4 is 23.5 Å². The van der Waals surface area contributed by atoms with Gasteiger partial charge in [0.2, 0.25) is 5.91 Å². The Balaban J connectivity index is 2.07. The summed E-state index contributed by atoms with van der Waals surface area (Å²) in [4.78, 5) is 31.6. The molecule has 1 amide bonds. The fourth-order valence-corrected chi connectivity index (χ4v) is 3.38. The molecule has 0 spiro atoms. The lowest BCUT2D eigenvalue weighted by molar-refractivity contribution is -0.116. The van der Waals surface area contributed by atoms with Crippen LogP contribution in [0, 0.1) is 0 Å². The third-order valence-corrected chi connectivity index (χ3v) is 4.85. The Kier molecular flexibility index (Phi) is 4.48. The highest BCUT2D eigenvalue weighted by molar-refractivity contribution is 7.99. The van der Waals surface area contributed by atoms with E-state index in [4.69, 9.17) is 0 Å². The van der Waals surface area contributed by atoms with Crippen LogP contribution in [-0.2, 0) is 4.79 Å². The van der Waals surface area contributed by atoms with E-state index in [0.29, 0.717) is 16.3 Å². The number of aromatic nitrogens is 2. The zero-order valence-electron chi connectivity index (χ0n) is 13.0. The summed E-state index contributed by atoms with van der Waals surface area (Å²) < 4.78 is 0. The number of hydrogen-bond acceptors (Lipinski definition) is 6. The van der Waals surface area contributed by atoms with Crippen LogP contribution in [0.5, 0.6) is 11.5 Å². The lowest BCUT2D eigenvalue weighted by Gasteiger charge is -2.24. The molecule has 0 saturated heterocycles. The van der Waals surface area contributed by atoms with Crippen LogP contribution in [0.25, 0.3) is 0 Å². The second kappa shape index (κ2) is 6.56. The van der Waals surface area contributed by atoms with Crippen molar-refractivity contribution in [2.45, 2.75) is 30.8 Å². The second-order valence-electron chi connectivity index (χ2n) is 5.53. The predicted molar refractivity (Wildman–Crippen MR) is 90.7 cm³/mol. The zero-order chi connectivity index (χ0) is 17.3. The highest BCUT2D eigenvalue weighted by atomic mass is 32.2. The summed E-state index contributed by atoms with van der Waals surface area (Å²) in [5.41, 5.74) is 0.624. The van der Waals surface area contributed by atoms with Gasteiger partial charge in [-0.05, 0) is 24.1 Å². The SMILES string of the molecule is CCCSc1nc2c(c(=O)[nH]1)[C@H](c1ccc(O)c(O)c1)CC(=O)N2. The molecule has 0 unspecified atom stereocenters. The molecule has 8 heteroatoms. The number of amides is 1. The van der Waals surface area contributed by atoms with Crippen molar-refractivity contribution in [3.8, 4) is 11.5 Å². The van der Waals surface area contributed by atoms with Gasteiger partial charge in [0.1, 0.15) is 5.82 Å². The van der Waals surface area contributed by atoms with Crippen molar-refractivity contribution in [2.24, 2.45) is 0 Å². The number of thioether (sulfide) groups is 1. The number of hydrogen-bond donors (Lipinski definition) is 4. The fraction of sp³-hybridized carbons (Fsp3) is 0.312. The number of carbonyl (C=O) groups is 1. The van der Waals surface area contributed by atoms with E-state index < -0.39 is 5.92 Å². The molecular formula is C16H17N3O4S. The number of rotatable bonds is 4. The molecule has 0 bridgehead atoms. The molecule has 0 fully saturated rings. The minimum absolute atomic E-state index is 0.0728. The highest BCUT2D eigenvalue weighted by Crippen LogP contribution is 2.37. The number of aromatic hydroxyl groups is 2. The summed E-state index contributed by atoms with van der Waals surface area (Å²) in [6.07, 6.45) is 1.01. The number of nitrogens with zero attached hydrogens (tertiary/aromatic N) is 1. The van der Waals surface area contributed by atoms with Crippen molar-refractivity contribution < 1.29 is 15.0 Å². The van der Waals surface area contributed by atoms with Gasteiger partial charge in [-0.1, -0.05) is 24.8 Å². The minimum Gasteiger partial charge on any atom is -0.504 e. The zero-order valence-corrected chi connectivity index (χ0v) is 13.8. The number of fused-ring (bicyclic) bond motifs is 1. The molecule has 1 atom stereocenters. The number of phenols is 2. The molecule has 7 nitrogen and oxygen atoms in total. The molecule has 0 saturated carbocycles. The van der Waals surface area contributed by atoms with E-state index in [1.165, 1.54) is 23.9 Å². The molecule has 3 rings (SSSR count). The molecule has 1 aromatic carbocycles. The summed E-state index contributed by atoms with van der Waals surface area (Å²) in [7, 11) is 0. The maximum Gasteiger partial charge on any atom is 0.257 e. The van der Waals surface area contributed by atoms with Crippen molar-refractivity contribution in [1.29, 1.82) is 0 Å². The van der Waals surface area contributed by atoms with Gasteiger partial charge in [-0.15, -0.1) is 0 Å². The number of H-pyrrole nitrogens is 1. The van der Waals surface area contributed by atoms with E-state index >= 15 is 0 Å². The maximum atomic E-state index is 12.5. The van der Waals surface area contributed by atoms with Gasteiger partial charge in [0, 0.05) is 18.1 Å². The molecule has 0 radical (unpaired) electrons. The van der Waals surface area contributed by atoms with E-state index in [9.17, 15) is 19.8 Å². The van der Waals surface area contributed by atoms with Crippen molar-refractivity contribution in [3.63, 3.8) is 0 Å². The average Bonchev–Trinajstić information content (AvgIpc) is 2.54. The van der Waals surface area contributed by atoms with Crippen molar-refractivity contribution in [1.82, 2.24) is 9.97 Å². The first-order valence-electron chi connectivity index (χ1n) is 7.58. The summed E-state index contributed by atoms with van der Waals surface area (Å²) in [5.74, 6) is -0.250. The molecule has 2 heterocycles. The number of phenolic OH excluding ortho intramolecular Hbond substituents is 2. The van der Waals surface area contributed by atoms with Crippen LogP contribution < -0.4 is 10.9 Å². The van der Waals surface area contributed by atoms with Crippen molar-refractivity contribution in [3.05, 3.63) is 39.7 Å². The molecule has 0 aliphatic carbocycles. The Labute approximate surface area is 142 Å². The Morgan fingerprint density at radius 3 is 2.79 bits per heavy atom. The summed E-state index contributed by atoms with van der Waals surface area (Å²) in [6.45, 7) is 2.03. The number of nitrogens with one attached hydrogen (secondary N) is 2. The van der Waals surface area contributed by atoms with Crippen molar-refractivity contribution in [2.75, 3.05) is 11.1 Å². The predicted octanol–water partition coefficient (Wildman–Crippen LogP) is 2.16. The van der Waals surface area contributed by atoms with Gasteiger partial charge in [-0.3, -0.25) is 9.59 Å². The Morgan fingerprint density at radius 2 is 2.08 bits per heavy atom. The average molecular weight is 347 g/mol. The van der Waals surface area contributed by atoms with E-state index in [-0.39, 0.29) is 35.2 Å². The molecule has 4 N–H and O–H groups in total. The van der Waals surface area contributed by atoms with Crippen LogP contribution in [-0.4, -0.2) is 31.8 Å². The molecule has 24 heavy (non-hydrogen) atoms. The summed E-state index contributed by atoms with van der Waals surface area (Å²) >= 11 is 1.42. The Hall–Kier alpha value is -2.48. The fourth-order valence-electron chi connectivity index (χ4n) is 2.66. The van der Waals surface area contributed by atoms with Crippen LogP contribution in [0.2, 0.25) is 0 Å². The second-order valence-corrected chi connectivity index (χ2v) is 6.62. The number of anilines is 1. The number of aromatic amines is 1. The topological polar surface area (TPSA) is 115 Å². The van der Waals surface area contributed by atoms with Gasteiger partial charge in [-0.2, -0.15) is 0 Å². The molecule has 1 aliphatic rings. The van der Waals surface area contributed by atoms with E-state index in [1.807, 2.05) is 6.92 Å². The third-order valence-electron chi connectivity index (χ3n) is 3.77. The minimum atomic E-state index is -0.526. The first kappa shape index (κ1) is 16.4. The number of benzene rings is 1. The third kappa shape index (κ3) is 3.09. The van der Waals surface area contributed by atoms with Gasteiger partial charge in [0.15, 0.2) is 16.7 Å². The largest absolute Gasteiger partial charge is 0.504 e. The number of carbonyl (C=O) groups excluding carboxylic acids is 1. The molecule has 1 aliphatic heterocycles. The van der Waals surface area contributed by atoms with Gasteiger partial charge in [-0.25, -0.2) is 4.98 Å². The Morgan fingerprint density at radius 1 is 1.29 bits per heavy atom. The lowest BCUT2D eigenvalue weighted by atomic mass is 9.86. The lowest BCUT2D eigenvalue weighted by Crippen LogP contribution is -2.31. The summed E-state index contributed by atoms with van der Waals surface area (Å²) in [6, 6.07) is 4.28.